The van der Waals surface area contributed by atoms with Crippen LogP contribution in [0.25, 0.3) is 0 Å². The number of aryl methyl sites for hydroxylation is 1. The summed E-state index contributed by atoms with van der Waals surface area (Å²) >= 11 is 1.92. The Hall–Kier alpha value is -1.16. The van der Waals surface area contributed by atoms with Gasteiger partial charge in [-0.05, 0) is 31.7 Å². The monoisotopic (exact) mass is 286 g/mol. The van der Waals surface area contributed by atoms with Crippen LogP contribution in [-0.2, 0) is 6.54 Å². The van der Waals surface area contributed by atoms with Gasteiger partial charge in [0.1, 0.15) is 0 Å². The molecule has 2 aromatic rings. The first-order valence-electron chi connectivity index (χ1n) is 7.25. The van der Waals surface area contributed by atoms with Gasteiger partial charge in [-0.2, -0.15) is 0 Å². The predicted molar refractivity (Wildman–Crippen MR) is 86.1 cm³/mol. The molecule has 106 valence electrons. The van der Waals surface area contributed by atoms with Crippen LogP contribution in [-0.4, -0.2) is 36.5 Å². The van der Waals surface area contributed by atoms with Crippen LogP contribution in [0.2, 0.25) is 0 Å². The quantitative estimate of drug-likeness (QED) is 0.851. The van der Waals surface area contributed by atoms with Gasteiger partial charge < -0.3 is 0 Å². The summed E-state index contributed by atoms with van der Waals surface area (Å²) in [6.07, 6.45) is 0. The molecule has 0 aliphatic carbocycles. The van der Waals surface area contributed by atoms with E-state index in [2.05, 4.69) is 66.2 Å². The van der Waals surface area contributed by atoms with E-state index in [0.717, 1.165) is 26.2 Å². The topological polar surface area (TPSA) is 6.48 Å². The second-order valence-corrected chi connectivity index (χ2v) is 7.03. The van der Waals surface area contributed by atoms with Gasteiger partial charge in [0.05, 0.1) is 0 Å². The number of hydrogen-bond acceptors (Lipinski definition) is 3. The van der Waals surface area contributed by atoms with Gasteiger partial charge in [0.25, 0.3) is 0 Å². The summed E-state index contributed by atoms with van der Waals surface area (Å²) < 4.78 is 0. The van der Waals surface area contributed by atoms with Crippen molar-refractivity contribution in [3.63, 3.8) is 0 Å². The van der Waals surface area contributed by atoms with Crippen molar-refractivity contribution in [3.05, 3.63) is 57.8 Å². The number of nitrogens with zero attached hydrogens (tertiary/aromatic N) is 2. The van der Waals surface area contributed by atoms with Gasteiger partial charge in [-0.3, -0.25) is 9.80 Å². The van der Waals surface area contributed by atoms with Crippen molar-refractivity contribution in [1.29, 1.82) is 0 Å². The third kappa shape index (κ3) is 3.11. The average Bonchev–Trinajstić information content (AvgIpc) is 2.87. The smallest absolute Gasteiger partial charge is 0.0472 e. The number of likely N-dealkylation sites (N-methyl/N-ethyl adjacent to an activating group) is 1. The van der Waals surface area contributed by atoms with Crippen molar-refractivity contribution in [3.8, 4) is 0 Å². The van der Waals surface area contributed by atoms with Gasteiger partial charge in [-0.15, -0.1) is 11.3 Å². The Bertz CT molecular complexity index is 549. The van der Waals surface area contributed by atoms with Crippen LogP contribution in [0.1, 0.15) is 21.4 Å². The minimum absolute atomic E-state index is 0.519. The Labute approximate surface area is 125 Å². The predicted octanol–water partition coefficient (Wildman–Crippen LogP) is 3.55. The Morgan fingerprint density at radius 3 is 2.60 bits per heavy atom. The van der Waals surface area contributed by atoms with Crippen molar-refractivity contribution in [2.45, 2.75) is 19.5 Å². The molecule has 1 aliphatic rings. The van der Waals surface area contributed by atoms with E-state index >= 15 is 0 Å². The number of rotatable bonds is 3. The molecule has 0 unspecified atom stereocenters. The van der Waals surface area contributed by atoms with Crippen LogP contribution in [0.3, 0.4) is 0 Å². The summed E-state index contributed by atoms with van der Waals surface area (Å²) in [6.45, 7) is 6.71. The fourth-order valence-corrected chi connectivity index (χ4v) is 3.83. The van der Waals surface area contributed by atoms with E-state index < -0.39 is 0 Å². The minimum Gasteiger partial charge on any atom is -0.297 e. The van der Waals surface area contributed by atoms with Crippen LogP contribution in [0.4, 0.5) is 0 Å². The first-order chi connectivity index (χ1) is 9.72. The largest absolute Gasteiger partial charge is 0.297 e. The Kier molecular flexibility index (Phi) is 4.20. The molecule has 0 N–H and O–H groups in total. The van der Waals surface area contributed by atoms with Crippen LogP contribution < -0.4 is 0 Å². The molecule has 0 radical (unpaired) electrons. The zero-order chi connectivity index (χ0) is 13.9. The molecule has 1 aliphatic heterocycles. The average molecular weight is 286 g/mol. The Morgan fingerprint density at radius 2 is 1.90 bits per heavy atom. The lowest BCUT2D eigenvalue weighted by Crippen LogP contribution is -2.46. The highest BCUT2D eigenvalue weighted by Crippen LogP contribution is 2.26. The van der Waals surface area contributed by atoms with Crippen molar-refractivity contribution in [2.75, 3.05) is 26.7 Å². The van der Waals surface area contributed by atoms with E-state index in [-0.39, 0.29) is 0 Å². The molecule has 1 aromatic carbocycles. The minimum atomic E-state index is 0.519. The maximum atomic E-state index is 2.59. The summed E-state index contributed by atoms with van der Waals surface area (Å²) in [5.74, 6) is 0. The molecule has 0 saturated carbocycles. The summed E-state index contributed by atoms with van der Waals surface area (Å²) in [5.41, 5.74) is 1.43. The highest BCUT2D eigenvalue weighted by Gasteiger charge is 2.25. The van der Waals surface area contributed by atoms with Crippen molar-refractivity contribution in [2.24, 2.45) is 0 Å². The third-order valence-corrected chi connectivity index (χ3v) is 5.08. The molecular weight excluding hydrogens is 264 g/mol. The molecule has 2 nitrogen and oxygen atoms in total. The fourth-order valence-electron chi connectivity index (χ4n) is 2.90. The van der Waals surface area contributed by atoms with Crippen molar-refractivity contribution in [1.82, 2.24) is 9.80 Å². The molecule has 20 heavy (non-hydrogen) atoms. The Balaban J connectivity index is 1.70. The van der Waals surface area contributed by atoms with E-state index in [4.69, 9.17) is 0 Å². The van der Waals surface area contributed by atoms with Crippen LogP contribution >= 0.6 is 11.3 Å². The maximum absolute atomic E-state index is 2.59. The number of hydrogen-bond donors (Lipinski definition) is 0. The summed E-state index contributed by atoms with van der Waals surface area (Å²) in [7, 11) is 2.24. The second-order valence-electron chi connectivity index (χ2n) is 5.65. The maximum Gasteiger partial charge on any atom is 0.0472 e. The van der Waals surface area contributed by atoms with E-state index in [1.165, 1.54) is 15.3 Å². The van der Waals surface area contributed by atoms with E-state index in [1.54, 1.807) is 0 Å². The highest BCUT2D eigenvalue weighted by atomic mass is 32.1. The van der Waals surface area contributed by atoms with Gasteiger partial charge in [0.2, 0.25) is 0 Å². The second kappa shape index (κ2) is 6.08. The lowest BCUT2D eigenvalue weighted by Gasteiger charge is -2.39. The zero-order valence-electron chi connectivity index (χ0n) is 12.2. The molecule has 0 amide bonds. The summed E-state index contributed by atoms with van der Waals surface area (Å²) in [4.78, 5) is 7.96. The standard InChI is InChI=1S/C17H22N2S/c1-14-8-9-16(20-14)12-19-11-10-18(2)17(13-19)15-6-4-3-5-7-15/h3-9,17H,10-13H2,1-2H3/t17-/m1/s1. The molecular formula is C17H22N2S. The fraction of sp³-hybridized carbons (Fsp3) is 0.412. The lowest BCUT2D eigenvalue weighted by molar-refractivity contribution is 0.0912. The van der Waals surface area contributed by atoms with Crippen molar-refractivity contribution < 1.29 is 0 Å². The molecule has 1 fully saturated rings. The highest BCUT2D eigenvalue weighted by molar-refractivity contribution is 7.11. The molecule has 0 bridgehead atoms. The van der Waals surface area contributed by atoms with Gasteiger partial charge >= 0.3 is 0 Å². The molecule has 3 heteroatoms. The normalized spacial score (nSPS) is 21.2. The first-order valence-corrected chi connectivity index (χ1v) is 8.07. The van der Waals surface area contributed by atoms with Crippen molar-refractivity contribution >= 4 is 11.3 Å². The summed E-state index contributed by atoms with van der Waals surface area (Å²) in [5, 5.41) is 0. The molecule has 1 atom stereocenters. The van der Waals surface area contributed by atoms with E-state index in [9.17, 15) is 0 Å². The van der Waals surface area contributed by atoms with Crippen LogP contribution in [0.5, 0.6) is 0 Å². The van der Waals surface area contributed by atoms with Gasteiger partial charge in [-0.1, -0.05) is 30.3 Å². The summed E-state index contributed by atoms with van der Waals surface area (Å²) in [6, 6.07) is 15.9. The van der Waals surface area contributed by atoms with Gasteiger partial charge in [0, 0.05) is 42.0 Å². The molecule has 2 heterocycles. The molecule has 3 rings (SSSR count). The number of piperazine rings is 1. The molecule has 1 aromatic heterocycles. The van der Waals surface area contributed by atoms with E-state index in [1.807, 2.05) is 11.3 Å². The van der Waals surface area contributed by atoms with Crippen LogP contribution in [0.15, 0.2) is 42.5 Å². The third-order valence-electron chi connectivity index (χ3n) is 4.09. The SMILES string of the molecule is Cc1ccc(CN2CCN(C)[C@@H](c3ccccc3)C2)s1. The first kappa shape index (κ1) is 13.8. The molecule has 1 saturated heterocycles. The number of thiophene rings is 1. The Morgan fingerprint density at radius 1 is 1.10 bits per heavy atom. The van der Waals surface area contributed by atoms with Crippen LogP contribution in [0, 0.1) is 6.92 Å². The zero-order valence-corrected chi connectivity index (χ0v) is 13.1. The van der Waals surface area contributed by atoms with Gasteiger partial charge in [0.15, 0.2) is 0 Å². The number of benzene rings is 1. The lowest BCUT2D eigenvalue weighted by atomic mass is 10.0. The molecule has 0 spiro atoms. The van der Waals surface area contributed by atoms with Gasteiger partial charge in [-0.25, -0.2) is 0 Å². The van der Waals surface area contributed by atoms with E-state index in [0.29, 0.717) is 6.04 Å².